The minimum absolute atomic E-state index is 0.681. The van der Waals surface area contributed by atoms with E-state index in [0.717, 1.165) is 43.2 Å². The van der Waals surface area contributed by atoms with Gasteiger partial charge in [-0.25, -0.2) is 4.98 Å². The lowest BCUT2D eigenvalue weighted by Gasteiger charge is -2.32. The van der Waals surface area contributed by atoms with Gasteiger partial charge in [0, 0.05) is 13.1 Å². The Balaban J connectivity index is 1.69. The van der Waals surface area contributed by atoms with Crippen molar-refractivity contribution in [3.8, 4) is 0 Å². The van der Waals surface area contributed by atoms with Gasteiger partial charge >= 0.3 is 0 Å². The molecule has 5 heteroatoms. The minimum Gasteiger partial charge on any atom is -0.339 e. The van der Waals surface area contributed by atoms with Crippen LogP contribution in [-0.4, -0.2) is 41.4 Å². The molecule has 1 atom stereocenters. The van der Waals surface area contributed by atoms with Crippen molar-refractivity contribution in [2.45, 2.75) is 26.2 Å². The number of nitrogens with one attached hydrogen (secondary N) is 1. The Kier molecular flexibility index (Phi) is 4.60. The largest absolute Gasteiger partial charge is 0.339 e. The van der Waals surface area contributed by atoms with Gasteiger partial charge in [0.05, 0.1) is 5.52 Å². The standard InChI is InChI=1S/C16H23N5/c1-2-9-17-11-13-6-5-10-21(12-13)16-18-14-7-3-4-8-15(14)19-20-16/h3-4,7-8,13,17H,2,5-6,9-12H2,1H3. The SMILES string of the molecule is CCCNCC1CCCN(c2nnc3ccccc3n2)C1. The molecule has 1 fully saturated rings. The maximum atomic E-state index is 4.66. The van der Waals surface area contributed by atoms with Gasteiger partial charge in [-0.15, -0.1) is 10.2 Å². The van der Waals surface area contributed by atoms with Crippen LogP contribution in [0.4, 0.5) is 5.95 Å². The van der Waals surface area contributed by atoms with Crippen molar-refractivity contribution in [2.24, 2.45) is 5.92 Å². The molecule has 1 aliphatic heterocycles. The zero-order valence-corrected chi connectivity index (χ0v) is 12.6. The smallest absolute Gasteiger partial charge is 0.245 e. The molecule has 1 aromatic heterocycles. The number of nitrogens with zero attached hydrogens (tertiary/aromatic N) is 4. The minimum atomic E-state index is 0.681. The van der Waals surface area contributed by atoms with E-state index in [2.05, 4.69) is 32.3 Å². The van der Waals surface area contributed by atoms with Crippen LogP contribution in [0.5, 0.6) is 0 Å². The van der Waals surface area contributed by atoms with Crippen LogP contribution in [0.15, 0.2) is 24.3 Å². The van der Waals surface area contributed by atoms with Crippen molar-refractivity contribution in [2.75, 3.05) is 31.1 Å². The number of anilines is 1. The van der Waals surface area contributed by atoms with Crippen molar-refractivity contribution in [1.29, 1.82) is 0 Å². The molecule has 0 aliphatic carbocycles. The predicted octanol–water partition coefficient (Wildman–Crippen LogP) is 2.24. The van der Waals surface area contributed by atoms with Crippen molar-refractivity contribution in [1.82, 2.24) is 20.5 Å². The number of hydrogen-bond donors (Lipinski definition) is 1. The van der Waals surface area contributed by atoms with Crippen LogP contribution >= 0.6 is 0 Å². The number of rotatable bonds is 5. The first-order chi connectivity index (χ1) is 10.4. The Labute approximate surface area is 125 Å². The third kappa shape index (κ3) is 3.47. The number of benzene rings is 1. The topological polar surface area (TPSA) is 53.9 Å². The molecule has 0 amide bonds. The summed E-state index contributed by atoms with van der Waals surface area (Å²) in [6.45, 7) is 6.45. The second-order valence-electron chi connectivity index (χ2n) is 5.76. The van der Waals surface area contributed by atoms with Gasteiger partial charge < -0.3 is 10.2 Å². The lowest BCUT2D eigenvalue weighted by Crippen LogP contribution is -2.40. The van der Waals surface area contributed by atoms with Gasteiger partial charge in [-0.1, -0.05) is 19.1 Å². The second-order valence-corrected chi connectivity index (χ2v) is 5.76. The molecule has 112 valence electrons. The molecule has 2 aromatic rings. The number of aromatic nitrogens is 3. The van der Waals surface area contributed by atoms with Crippen LogP contribution in [0, 0.1) is 5.92 Å². The van der Waals surface area contributed by atoms with E-state index in [0.29, 0.717) is 5.92 Å². The van der Waals surface area contributed by atoms with Gasteiger partial charge in [0.25, 0.3) is 0 Å². The first-order valence-electron chi connectivity index (χ1n) is 7.92. The van der Waals surface area contributed by atoms with E-state index >= 15 is 0 Å². The molecular weight excluding hydrogens is 262 g/mol. The molecule has 1 unspecified atom stereocenters. The summed E-state index contributed by atoms with van der Waals surface area (Å²) in [6, 6.07) is 7.91. The summed E-state index contributed by atoms with van der Waals surface area (Å²) in [5, 5.41) is 12.1. The molecule has 0 radical (unpaired) electrons. The van der Waals surface area contributed by atoms with Crippen molar-refractivity contribution in [3.63, 3.8) is 0 Å². The monoisotopic (exact) mass is 285 g/mol. The molecule has 1 N–H and O–H groups in total. The Morgan fingerprint density at radius 2 is 2.10 bits per heavy atom. The highest BCUT2D eigenvalue weighted by atomic mass is 15.3. The molecule has 2 heterocycles. The van der Waals surface area contributed by atoms with E-state index in [-0.39, 0.29) is 0 Å². The quantitative estimate of drug-likeness (QED) is 0.854. The van der Waals surface area contributed by atoms with E-state index < -0.39 is 0 Å². The number of fused-ring (bicyclic) bond motifs is 1. The highest BCUT2D eigenvalue weighted by molar-refractivity contribution is 5.74. The fourth-order valence-electron chi connectivity index (χ4n) is 2.90. The normalized spacial score (nSPS) is 19.1. The fraction of sp³-hybridized carbons (Fsp3) is 0.562. The fourth-order valence-corrected chi connectivity index (χ4v) is 2.90. The van der Waals surface area contributed by atoms with Crippen LogP contribution in [0.3, 0.4) is 0 Å². The van der Waals surface area contributed by atoms with Crippen molar-refractivity contribution >= 4 is 17.0 Å². The molecule has 1 saturated heterocycles. The zero-order chi connectivity index (χ0) is 14.5. The summed E-state index contributed by atoms with van der Waals surface area (Å²) in [7, 11) is 0. The molecule has 21 heavy (non-hydrogen) atoms. The Hall–Kier alpha value is -1.75. The summed E-state index contributed by atoms with van der Waals surface area (Å²) in [4.78, 5) is 6.94. The third-order valence-electron chi connectivity index (χ3n) is 4.01. The first kappa shape index (κ1) is 14.2. The molecule has 3 rings (SSSR count). The van der Waals surface area contributed by atoms with Gasteiger partial charge in [-0.05, 0) is 50.4 Å². The summed E-state index contributed by atoms with van der Waals surface area (Å²) in [5.74, 6) is 1.45. The van der Waals surface area contributed by atoms with Crippen LogP contribution in [0.2, 0.25) is 0 Å². The molecule has 0 saturated carbocycles. The van der Waals surface area contributed by atoms with Gasteiger partial charge in [0.1, 0.15) is 5.52 Å². The average molecular weight is 285 g/mol. The highest BCUT2D eigenvalue weighted by Gasteiger charge is 2.21. The maximum Gasteiger partial charge on any atom is 0.245 e. The molecular formula is C16H23N5. The number of para-hydroxylation sites is 1. The summed E-state index contributed by atoms with van der Waals surface area (Å²) in [6.07, 6.45) is 3.68. The predicted molar refractivity (Wildman–Crippen MR) is 85.4 cm³/mol. The molecule has 1 aliphatic rings. The van der Waals surface area contributed by atoms with E-state index in [9.17, 15) is 0 Å². The first-order valence-corrected chi connectivity index (χ1v) is 7.92. The number of piperidine rings is 1. The van der Waals surface area contributed by atoms with Crippen molar-refractivity contribution < 1.29 is 0 Å². The van der Waals surface area contributed by atoms with Gasteiger partial charge in [-0.3, -0.25) is 0 Å². The summed E-state index contributed by atoms with van der Waals surface area (Å²) >= 11 is 0. The van der Waals surface area contributed by atoms with Crippen molar-refractivity contribution in [3.05, 3.63) is 24.3 Å². The Bertz CT molecular complexity index is 586. The second kappa shape index (κ2) is 6.80. The van der Waals surface area contributed by atoms with Crippen LogP contribution in [0.25, 0.3) is 11.0 Å². The van der Waals surface area contributed by atoms with E-state index in [1.165, 1.54) is 19.3 Å². The Morgan fingerprint density at radius 1 is 1.24 bits per heavy atom. The molecule has 5 nitrogen and oxygen atoms in total. The lowest BCUT2D eigenvalue weighted by atomic mass is 9.98. The van der Waals surface area contributed by atoms with Crippen LogP contribution < -0.4 is 10.2 Å². The van der Waals surface area contributed by atoms with E-state index in [1.54, 1.807) is 0 Å². The zero-order valence-electron chi connectivity index (χ0n) is 12.6. The van der Waals surface area contributed by atoms with E-state index in [1.807, 2.05) is 24.3 Å². The summed E-state index contributed by atoms with van der Waals surface area (Å²) in [5.41, 5.74) is 1.79. The number of hydrogen-bond acceptors (Lipinski definition) is 5. The Morgan fingerprint density at radius 3 is 2.95 bits per heavy atom. The molecule has 1 aromatic carbocycles. The van der Waals surface area contributed by atoms with E-state index in [4.69, 9.17) is 0 Å². The van der Waals surface area contributed by atoms with Gasteiger partial charge in [-0.2, -0.15) is 0 Å². The van der Waals surface area contributed by atoms with Crippen LogP contribution in [-0.2, 0) is 0 Å². The lowest BCUT2D eigenvalue weighted by molar-refractivity contribution is 0.389. The highest BCUT2D eigenvalue weighted by Crippen LogP contribution is 2.20. The molecule has 0 bridgehead atoms. The average Bonchev–Trinajstić information content (AvgIpc) is 2.55. The maximum absolute atomic E-state index is 4.66. The summed E-state index contributed by atoms with van der Waals surface area (Å²) < 4.78 is 0. The third-order valence-corrected chi connectivity index (χ3v) is 4.01. The van der Waals surface area contributed by atoms with Gasteiger partial charge in [0.15, 0.2) is 0 Å². The molecule has 0 spiro atoms. The van der Waals surface area contributed by atoms with Crippen LogP contribution in [0.1, 0.15) is 26.2 Å². The van der Waals surface area contributed by atoms with Gasteiger partial charge in [0.2, 0.25) is 5.95 Å².